The Kier molecular flexibility index (Phi) is 4.91. The molecule has 1 aromatic carbocycles. The van der Waals surface area contributed by atoms with Crippen LogP contribution >= 0.6 is 15.9 Å². The summed E-state index contributed by atoms with van der Waals surface area (Å²) < 4.78 is 2.40. The Bertz CT molecular complexity index is 975. The van der Waals surface area contributed by atoms with E-state index in [2.05, 4.69) is 50.0 Å². The molecule has 0 radical (unpaired) electrons. The molecule has 0 aliphatic rings. The minimum Gasteiger partial charge on any atom is -0.367 e. The quantitative estimate of drug-likeness (QED) is 0.606. The third-order valence-electron chi connectivity index (χ3n) is 3.96. The van der Waals surface area contributed by atoms with Crippen LogP contribution in [0.25, 0.3) is 16.9 Å². The number of aromatic nitrogens is 4. The Hall–Kier alpha value is -2.19. The molecular formula is C17H21BrN6O. The first kappa shape index (κ1) is 17.6. The van der Waals surface area contributed by atoms with E-state index < -0.39 is 0 Å². The zero-order chi connectivity index (χ0) is 18.1. The maximum absolute atomic E-state index is 12.6. The maximum Gasteiger partial charge on any atom is 0.332 e. The summed E-state index contributed by atoms with van der Waals surface area (Å²) >= 11 is 3.59. The number of hydrogen-bond acceptors (Lipinski definition) is 5. The molecule has 0 aliphatic heterocycles. The lowest BCUT2D eigenvalue weighted by Crippen LogP contribution is -2.15. The molecule has 8 heteroatoms. The third-order valence-corrected chi connectivity index (χ3v) is 4.60. The van der Waals surface area contributed by atoms with E-state index in [4.69, 9.17) is 5.73 Å². The van der Waals surface area contributed by atoms with Crippen LogP contribution in [0.1, 0.15) is 31.2 Å². The molecule has 0 saturated carbocycles. The number of hydrogen-bond donors (Lipinski definition) is 3. The lowest BCUT2D eigenvalue weighted by atomic mass is 10.0. The minimum atomic E-state index is -0.260. The number of rotatable bonds is 5. The highest BCUT2D eigenvalue weighted by Gasteiger charge is 2.17. The van der Waals surface area contributed by atoms with Crippen LogP contribution in [0, 0.1) is 6.92 Å². The predicted molar refractivity (Wildman–Crippen MR) is 104 cm³/mol. The molecule has 2 aromatic heterocycles. The molecule has 2 heterocycles. The molecular weight excluding hydrogens is 384 g/mol. The van der Waals surface area contributed by atoms with Crippen LogP contribution in [0.2, 0.25) is 0 Å². The van der Waals surface area contributed by atoms with E-state index in [1.54, 1.807) is 11.5 Å². The number of aromatic amines is 1. The lowest BCUT2D eigenvalue weighted by Gasteiger charge is -2.11. The van der Waals surface area contributed by atoms with Crippen molar-refractivity contribution >= 4 is 32.9 Å². The van der Waals surface area contributed by atoms with Gasteiger partial charge in [0.25, 0.3) is 0 Å². The second kappa shape index (κ2) is 6.97. The summed E-state index contributed by atoms with van der Waals surface area (Å²) in [7, 11) is 0. The van der Waals surface area contributed by atoms with Crippen molar-refractivity contribution in [2.45, 2.75) is 26.7 Å². The van der Waals surface area contributed by atoms with Crippen molar-refractivity contribution in [2.75, 3.05) is 18.4 Å². The van der Waals surface area contributed by atoms with Gasteiger partial charge in [-0.15, -0.1) is 0 Å². The van der Waals surface area contributed by atoms with Gasteiger partial charge in [-0.3, -0.25) is 0 Å². The molecule has 0 saturated heterocycles. The highest BCUT2D eigenvalue weighted by molar-refractivity contribution is 9.10. The largest absolute Gasteiger partial charge is 0.367 e. The van der Waals surface area contributed by atoms with Crippen molar-refractivity contribution in [3.63, 3.8) is 0 Å². The fourth-order valence-corrected chi connectivity index (χ4v) is 3.27. The van der Waals surface area contributed by atoms with Crippen molar-refractivity contribution in [2.24, 2.45) is 5.73 Å². The van der Waals surface area contributed by atoms with E-state index in [0.29, 0.717) is 41.8 Å². The van der Waals surface area contributed by atoms with E-state index in [1.165, 1.54) is 5.56 Å². The lowest BCUT2D eigenvalue weighted by molar-refractivity contribution is 0.863. The number of anilines is 1. The fraction of sp³-hybridized carbons (Fsp3) is 0.353. The van der Waals surface area contributed by atoms with Gasteiger partial charge in [-0.25, -0.2) is 19.3 Å². The predicted octanol–water partition coefficient (Wildman–Crippen LogP) is 2.67. The first-order chi connectivity index (χ1) is 11.9. The molecule has 25 heavy (non-hydrogen) atoms. The van der Waals surface area contributed by atoms with Gasteiger partial charge in [0, 0.05) is 17.6 Å². The molecule has 132 valence electrons. The summed E-state index contributed by atoms with van der Waals surface area (Å²) in [5.41, 5.74) is 8.34. The average molecular weight is 405 g/mol. The maximum atomic E-state index is 12.6. The SMILES string of the molecule is Cc1nc(NCCN)c2[nH]c(=O)n(-c3ccc(C(C)C)cc3Br)c2n1. The minimum absolute atomic E-state index is 0.260. The van der Waals surface area contributed by atoms with Gasteiger partial charge >= 0.3 is 5.69 Å². The Balaban J connectivity index is 2.22. The number of H-pyrrole nitrogens is 1. The van der Waals surface area contributed by atoms with E-state index in [0.717, 1.165) is 10.2 Å². The molecule has 0 amide bonds. The number of nitrogens with two attached hydrogens (primary N) is 1. The van der Waals surface area contributed by atoms with Crippen LogP contribution in [0.5, 0.6) is 0 Å². The van der Waals surface area contributed by atoms with Gasteiger partial charge in [-0.1, -0.05) is 19.9 Å². The van der Waals surface area contributed by atoms with Crippen LogP contribution in [0.3, 0.4) is 0 Å². The van der Waals surface area contributed by atoms with Gasteiger partial charge < -0.3 is 16.0 Å². The van der Waals surface area contributed by atoms with Gasteiger partial charge in [0.2, 0.25) is 0 Å². The third kappa shape index (κ3) is 3.32. The summed E-state index contributed by atoms with van der Waals surface area (Å²) in [6.45, 7) is 7.09. The molecule has 0 atom stereocenters. The summed E-state index contributed by atoms with van der Waals surface area (Å²) in [5.74, 6) is 1.56. The Morgan fingerprint density at radius 3 is 2.76 bits per heavy atom. The van der Waals surface area contributed by atoms with Crippen LogP contribution < -0.4 is 16.7 Å². The van der Waals surface area contributed by atoms with E-state index in [-0.39, 0.29) is 5.69 Å². The van der Waals surface area contributed by atoms with Gasteiger partial charge in [-0.2, -0.15) is 0 Å². The molecule has 7 nitrogen and oxygen atoms in total. The van der Waals surface area contributed by atoms with Crippen molar-refractivity contribution in [3.05, 3.63) is 44.5 Å². The summed E-state index contributed by atoms with van der Waals surface area (Å²) in [4.78, 5) is 24.3. The van der Waals surface area contributed by atoms with Crippen molar-refractivity contribution in [1.29, 1.82) is 0 Å². The molecule has 3 rings (SSSR count). The van der Waals surface area contributed by atoms with Gasteiger partial charge in [-0.05, 0) is 46.5 Å². The smallest absolute Gasteiger partial charge is 0.332 e. The zero-order valence-electron chi connectivity index (χ0n) is 14.4. The number of fused-ring (bicyclic) bond motifs is 1. The van der Waals surface area contributed by atoms with E-state index in [9.17, 15) is 4.79 Å². The molecule has 0 bridgehead atoms. The van der Waals surface area contributed by atoms with Crippen LogP contribution in [-0.4, -0.2) is 32.6 Å². The van der Waals surface area contributed by atoms with E-state index >= 15 is 0 Å². The highest BCUT2D eigenvalue weighted by Crippen LogP contribution is 2.28. The first-order valence-electron chi connectivity index (χ1n) is 8.15. The average Bonchev–Trinajstić information content (AvgIpc) is 2.88. The molecule has 0 unspecified atom stereocenters. The van der Waals surface area contributed by atoms with Gasteiger partial charge in [0.1, 0.15) is 11.3 Å². The highest BCUT2D eigenvalue weighted by atomic mass is 79.9. The number of nitrogens with one attached hydrogen (secondary N) is 2. The van der Waals surface area contributed by atoms with Crippen molar-refractivity contribution < 1.29 is 0 Å². The van der Waals surface area contributed by atoms with E-state index in [1.807, 2.05) is 18.2 Å². The molecule has 0 fully saturated rings. The summed E-state index contributed by atoms with van der Waals surface area (Å²) in [5, 5.41) is 3.14. The molecule has 0 aliphatic carbocycles. The van der Waals surface area contributed by atoms with Crippen LogP contribution in [-0.2, 0) is 0 Å². The standard InChI is InChI=1S/C17H21BrN6O/c1-9(2)11-4-5-13(12(18)8-11)24-16-14(23-17(24)25)15(20-7-6-19)21-10(3)22-16/h4-5,8-9H,6-7,19H2,1-3H3,(H,23,25)(H,20,21,22). The second-order valence-electron chi connectivity index (χ2n) is 6.16. The van der Waals surface area contributed by atoms with Crippen LogP contribution in [0.15, 0.2) is 27.5 Å². The molecule has 3 aromatic rings. The number of benzene rings is 1. The number of imidazole rings is 1. The van der Waals surface area contributed by atoms with Crippen molar-refractivity contribution in [1.82, 2.24) is 19.5 Å². The molecule has 4 N–H and O–H groups in total. The van der Waals surface area contributed by atoms with Crippen molar-refractivity contribution in [3.8, 4) is 5.69 Å². The second-order valence-corrected chi connectivity index (χ2v) is 7.02. The van der Waals surface area contributed by atoms with Gasteiger partial charge in [0.15, 0.2) is 11.5 Å². The Morgan fingerprint density at radius 1 is 1.36 bits per heavy atom. The molecule has 0 spiro atoms. The van der Waals surface area contributed by atoms with Gasteiger partial charge in [0.05, 0.1) is 5.69 Å². The number of nitrogens with zero attached hydrogens (tertiary/aromatic N) is 3. The zero-order valence-corrected chi connectivity index (χ0v) is 16.0. The first-order valence-corrected chi connectivity index (χ1v) is 8.94. The normalized spacial score (nSPS) is 11.4. The topological polar surface area (TPSA) is 102 Å². The summed E-state index contributed by atoms with van der Waals surface area (Å²) in [6.07, 6.45) is 0. The number of halogens is 1. The van der Waals surface area contributed by atoms with Crippen LogP contribution in [0.4, 0.5) is 5.82 Å². The summed E-state index contributed by atoms with van der Waals surface area (Å²) in [6, 6.07) is 5.99. The monoisotopic (exact) mass is 404 g/mol. The Labute approximate surface area is 153 Å². The Morgan fingerprint density at radius 2 is 2.12 bits per heavy atom. The fourth-order valence-electron chi connectivity index (χ4n) is 2.70. The number of aryl methyl sites for hydroxylation is 1.